The van der Waals surface area contributed by atoms with Gasteiger partial charge in [-0.15, -0.1) is 0 Å². The molecule has 1 heterocycles. The molecule has 0 aliphatic rings. The zero-order valence-corrected chi connectivity index (χ0v) is 13.4. The average Bonchev–Trinajstić information content (AvgIpc) is 2.34. The van der Waals surface area contributed by atoms with Gasteiger partial charge in [-0.05, 0) is 19.1 Å². The SMILES string of the molecule is CC(CNc1cc(C(=O)O)cc(C(C)(C)C)n1)S(C)=O. The number of nitrogens with zero attached hydrogens (tertiary/aromatic N) is 1. The molecule has 0 aliphatic heterocycles. The fraction of sp³-hybridized carbons (Fsp3) is 0.571. The second-order valence-corrected chi connectivity index (χ2v) is 7.67. The Morgan fingerprint density at radius 2 is 2.05 bits per heavy atom. The summed E-state index contributed by atoms with van der Waals surface area (Å²) in [5.41, 5.74) is 0.684. The van der Waals surface area contributed by atoms with Crippen LogP contribution in [0.5, 0.6) is 0 Å². The molecule has 6 heteroatoms. The van der Waals surface area contributed by atoms with E-state index in [2.05, 4.69) is 10.3 Å². The Hall–Kier alpha value is -1.43. The minimum atomic E-state index is -0.979. The van der Waals surface area contributed by atoms with E-state index in [1.807, 2.05) is 27.7 Å². The summed E-state index contributed by atoms with van der Waals surface area (Å²) >= 11 is 0. The number of carbonyl (C=O) groups is 1. The van der Waals surface area contributed by atoms with Crippen LogP contribution < -0.4 is 5.32 Å². The molecule has 1 rings (SSSR count). The monoisotopic (exact) mass is 298 g/mol. The summed E-state index contributed by atoms with van der Waals surface area (Å²) in [6.07, 6.45) is 1.65. The van der Waals surface area contributed by atoms with Gasteiger partial charge in [0.15, 0.2) is 0 Å². The zero-order chi connectivity index (χ0) is 15.5. The van der Waals surface area contributed by atoms with Crippen molar-refractivity contribution in [3.8, 4) is 0 Å². The molecule has 0 bridgehead atoms. The molecule has 0 aliphatic carbocycles. The second kappa shape index (κ2) is 6.35. The molecule has 0 radical (unpaired) electrons. The number of pyridine rings is 1. The normalized spacial score (nSPS) is 14.7. The molecule has 0 amide bonds. The summed E-state index contributed by atoms with van der Waals surface area (Å²) in [6.45, 7) is 8.30. The van der Waals surface area contributed by atoms with Gasteiger partial charge >= 0.3 is 5.97 Å². The van der Waals surface area contributed by atoms with Crippen molar-refractivity contribution in [2.45, 2.75) is 38.4 Å². The molecular weight excluding hydrogens is 276 g/mol. The van der Waals surface area contributed by atoms with E-state index >= 15 is 0 Å². The van der Waals surface area contributed by atoms with E-state index < -0.39 is 16.8 Å². The average molecular weight is 298 g/mol. The first kappa shape index (κ1) is 16.6. The van der Waals surface area contributed by atoms with Crippen LogP contribution in [0.2, 0.25) is 0 Å². The lowest BCUT2D eigenvalue weighted by molar-refractivity contribution is 0.0696. The molecule has 0 spiro atoms. The van der Waals surface area contributed by atoms with Gasteiger partial charge in [-0.3, -0.25) is 4.21 Å². The highest BCUT2D eigenvalue weighted by Crippen LogP contribution is 2.23. The Bertz CT molecular complexity index is 524. The highest BCUT2D eigenvalue weighted by molar-refractivity contribution is 7.84. The molecule has 5 nitrogen and oxygen atoms in total. The third kappa shape index (κ3) is 4.59. The Morgan fingerprint density at radius 3 is 2.50 bits per heavy atom. The van der Waals surface area contributed by atoms with Crippen molar-refractivity contribution < 1.29 is 14.1 Å². The van der Waals surface area contributed by atoms with Crippen LogP contribution >= 0.6 is 0 Å². The molecular formula is C14H22N2O3S. The van der Waals surface area contributed by atoms with E-state index in [9.17, 15) is 9.00 Å². The van der Waals surface area contributed by atoms with Crippen LogP contribution in [0.15, 0.2) is 12.1 Å². The maximum Gasteiger partial charge on any atom is 0.335 e. The van der Waals surface area contributed by atoms with Gasteiger partial charge in [0.25, 0.3) is 0 Å². The summed E-state index contributed by atoms with van der Waals surface area (Å²) in [4.78, 5) is 15.6. The third-order valence-corrected chi connectivity index (χ3v) is 4.28. The lowest BCUT2D eigenvalue weighted by Crippen LogP contribution is -2.22. The quantitative estimate of drug-likeness (QED) is 0.871. The molecule has 2 atom stereocenters. The molecule has 2 N–H and O–H groups in total. The van der Waals surface area contributed by atoms with Gasteiger partial charge in [0.1, 0.15) is 5.82 Å². The van der Waals surface area contributed by atoms with Crippen LogP contribution in [0.4, 0.5) is 5.82 Å². The van der Waals surface area contributed by atoms with E-state index in [4.69, 9.17) is 5.11 Å². The molecule has 112 valence electrons. The minimum absolute atomic E-state index is 0.0247. The van der Waals surface area contributed by atoms with E-state index in [1.54, 1.807) is 12.3 Å². The summed E-state index contributed by atoms with van der Waals surface area (Å²) < 4.78 is 11.3. The van der Waals surface area contributed by atoms with E-state index in [0.717, 1.165) is 0 Å². The van der Waals surface area contributed by atoms with Crippen molar-refractivity contribution in [2.24, 2.45) is 0 Å². The second-order valence-electron chi connectivity index (χ2n) is 5.87. The summed E-state index contributed by atoms with van der Waals surface area (Å²) in [6, 6.07) is 3.10. The topological polar surface area (TPSA) is 79.3 Å². The van der Waals surface area contributed by atoms with E-state index in [-0.39, 0.29) is 16.2 Å². The van der Waals surface area contributed by atoms with Gasteiger partial charge in [0, 0.05) is 40.0 Å². The number of anilines is 1. The maximum absolute atomic E-state index is 11.3. The number of carboxylic acid groups (broad SMARTS) is 1. The highest BCUT2D eigenvalue weighted by atomic mass is 32.2. The number of aromatic carboxylic acids is 1. The van der Waals surface area contributed by atoms with Crippen molar-refractivity contribution in [3.63, 3.8) is 0 Å². The maximum atomic E-state index is 11.3. The number of nitrogens with one attached hydrogen (secondary N) is 1. The number of carboxylic acids is 1. The molecule has 20 heavy (non-hydrogen) atoms. The number of hydrogen-bond donors (Lipinski definition) is 2. The first-order valence-electron chi connectivity index (χ1n) is 6.43. The van der Waals surface area contributed by atoms with Crippen molar-refractivity contribution in [1.82, 2.24) is 4.98 Å². The van der Waals surface area contributed by atoms with Crippen LogP contribution in [0.1, 0.15) is 43.7 Å². The molecule has 0 fully saturated rings. The predicted octanol–water partition coefficient (Wildman–Crippen LogP) is 2.26. The van der Waals surface area contributed by atoms with Crippen LogP contribution in [-0.4, -0.2) is 38.3 Å². The van der Waals surface area contributed by atoms with Crippen molar-refractivity contribution in [1.29, 1.82) is 0 Å². The van der Waals surface area contributed by atoms with Crippen LogP contribution in [0.3, 0.4) is 0 Å². The standard InChI is InChI=1S/C14H22N2O3S/c1-9(20(5)19)8-15-12-7-10(13(17)18)6-11(16-12)14(2,3)4/h6-7,9H,8H2,1-5H3,(H,15,16)(H,17,18). The van der Waals surface area contributed by atoms with Crippen LogP contribution in [0.25, 0.3) is 0 Å². The lowest BCUT2D eigenvalue weighted by atomic mass is 9.91. The predicted molar refractivity (Wildman–Crippen MR) is 81.9 cm³/mol. The zero-order valence-electron chi connectivity index (χ0n) is 12.6. The summed E-state index contributed by atoms with van der Waals surface area (Å²) in [5.74, 6) is -0.472. The first-order valence-corrected chi connectivity index (χ1v) is 8.05. The Kier molecular flexibility index (Phi) is 5.28. The van der Waals surface area contributed by atoms with Gasteiger partial charge in [-0.25, -0.2) is 9.78 Å². The van der Waals surface area contributed by atoms with Crippen LogP contribution in [0, 0.1) is 0 Å². The van der Waals surface area contributed by atoms with Crippen LogP contribution in [-0.2, 0) is 16.2 Å². The van der Waals surface area contributed by atoms with Gasteiger partial charge in [-0.1, -0.05) is 20.8 Å². The number of aromatic nitrogens is 1. The molecule has 2 unspecified atom stereocenters. The number of rotatable bonds is 5. The van der Waals surface area contributed by atoms with Gasteiger partial charge in [0.2, 0.25) is 0 Å². The minimum Gasteiger partial charge on any atom is -0.478 e. The highest BCUT2D eigenvalue weighted by Gasteiger charge is 2.19. The fourth-order valence-corrected chi connectivity index (χ4v) is 1.81. The Morgan fingerprint density at radius 1 is 1.45 bits per heavy atom. The van der Waals surface area contributed by atoms with Gasteiger partial charge in [-0.2, -0.15) is 0 Å². The van der Waals surface area contributed by atoms with Crippen molar-refractivity contribution in [3.05, 3.63) is 23.4 Å². The number of hydrogen-bond acceptors (Lipinski definition) is 4. The van der Waals surface area contributed by atoms with E-state index in [0.29, 0.717) is 18.1 Å². The third-order valence-electron chi connectivity index (χ3n) is 2.98. The first-order chi connectivity index (χ1) is 9.11. The largest absolute Gasteiger partial charge is 0.478 e. The van der Waals surface area contributed by atoms with Gasteiger partial charge in [0.05, 0.1) is 5.56 Å². The lowest BCUT2D eigenvalue weighted by Gasteiger charge is -2.20. The smallest absolute Gasteiger partial charge is 0.335 e. The summed E-state index contributed by atoms with van der Waals surface area (Å²) in [5, 5.41) is 12.2. The molecule has 0 saturated carbocycles. The molecule has 0 aromatic carbocycles. The molecule has 1 aromatic rings. The van der Waals surface area contributed by atoms with Crippen molar-refractivity contribution >= 4 is 22.6 Å². The fourth-order valence-electron chi connectivity index (χ4n) is 1.49. The Balaban J connectivity index is 3.04. The molecule has 1 aromatic heterocycles. The molecule has 0 saturated heterocycles. The van der Waals surface area contributed by atoms with Crippen molar-refractivity contribution in [2.75, 3.05) is 18.1 Å². The van der Waals surface area contributed by atoms with Gasteiger partial charge < -0.3 is 10.4 Å². The summed E-state index contributed by atoms with van der Waals surface area (Å²) in [7, 11) is -0.927. The van der Waals surface area contributed by atoms with E-state index in [1.165, 1.54) is 6.07 Å². The Labute approximate surface area is 122 Å².